The van der Waals surface area contributed by atoms with E-state index < -0.39 is 42.1 Å². The zero-order valence-electron chi connectivity index (χ0n) is 16.9. The number of aromatic nitrogens is 2. The molecule has 166 valence electrons. The van der Waals surface area contributed by atoms with Gasteiger partial charge in [0, 0.05) is 4.88 Å². The maximum Gasteiger partial charge on any atom is 0.328 e. The Bertz CT molecular complexity index is 1350. The minimum atomic E-state index is -0.881. The highest BCUT2D eigenvalue weighted by Crippen LogP contribution is 2.37. The van der Waals surface area contributed by atoms with E-state index in [1.54, 1.807) is 12.1 Å². The molecule has 0 atom stereocenters. The lowest BCUT2D eigenvalue weighted by Crippen LogP contribution is -2.33. The summed E-state index contributed by atoms with van der Waals surface area (Å²) in [7, 11) is 0. The topological polar surface area (TPSA) is 153 Å². The molecule has 4 rings (SSSR count). The molecule has 0 aliphatic heterocycles. The fourth-order valence-electron chi connectivity index (χ4n) is 3.76. The molecule has 0 bridgehead atoms. The third-order valence-corrected chi connectivity index (χ3v) is 6.41. The number of aromatic amines is 1. The predicted octanol–water partition coefficient (Wildman–Crippen LogP) is 0.911. The number of nitrogens with two attached hydrogens (primary N) is 1. The highest BCUT2D eigenvalue weighted by Gasteiger charge is 2.25. The van der Waals surface area contributed by atoms with E-state index in [9.17, 15) is 24.0 Å². The molecule has 11 heteroatoms. The molecule has 2 aromatic heterocycles. The predicted molar refractivity (Wildman–Crippen MR) is 118 cm³/mol. The van der Waals surface area contributed by atoms with Crippen LogP contribution in [0.1, 0.15) is 33.6 Å². The minimum Gasteiger partial charge on any atom is -0.454 e. The number of H-pyrrole nitrogens is 1. The molecule has 10 nitrogen and oxygen atoms in total. The Morgan fingerprint density at radius 2 is 1.84 bits per heavy atom. The van der Waals surface area contributed by atoms with Crippen molar-refractivity contribution in [3.8, 4) is 0 Å². The average Bonchev–Trinajstić information content (AvgIpc) is 3.14. The van der Waals surface area contributed by atoms with Crippen molar-refractivity contribution in [3.63, 3.8) is 0 Å². The van der Waals surface area contributed by atoms with Crippen LogP contribution < -0.4 is 22.2 Å². The largest absolute Gasteiger partial charge is 0.454 e. The molecule has 0 saturated heterocycles. The molecule has 0 radical (unpaired) electrons. The molecule has 2 amide bonds. The Morgan fingerprint density at radius 3 is 2.59 bits per heavy atom. The average molecular weight is 456 g/mol. The van der Waals surface area contributed by atoms with Crippen LogP contribution in [0, 0.1) is 0 Å². The number of carbonyl (C=O) groups excluding carboxylic acids is 3. The van der Waals surface area contributed by atoms with E-state index in [1.807, 2.05) is 0 Å². The van der Waals surface area contributed by atoms with Gasteiger partial charge in [-0.15, -0.1) is 11.3 Å². The van der Waals surface area contributed by atoms with Gasteiger partial charge >= 0.3 is 5.97 Å². The Morgan fingerprint density at radius 1 is 1.12 bits per heavy atom. The van der Waals surface area contributed by atoms with Gasteiger partial charge in [-0.1, -0.05) is 12.1 Å². The van der Waals surface area contributed by atoms with Crippen LogP contribution in [0.15, 0.2) is 33.9 Å². The van der Waals surface area contributed by atoms with Gasteiger partial charge in [0.2, 0.25) is 0 Å². The third-order valence-electron chi connectivity index (χ3n) is 5.21. The molecule has 0 saturated carbocycles. The Balaban J connectivity index is 1.42. The minimum absolute atomic E-state index is 0.169. The number of fused-ring (bicyclic) bond motifs is 2. The first kappa shape index (κ1) is 21.5. The van der Waals surface area contributed by atoms with Crippen LogP contribution in [-0.2, 0) is 33.7 Å². The van der Waals surface area contributed by atoms with E-state index in [0.29, 0.717) is 10.6 Å². The number of nitrogens with zero attached hydrogens (tertiary/aromatic N) is 1. The fraction of sp³-hybridized carbons (Fsp3) is 0.286. The second kappa shape index (κ2) is 8.79. The summed E-state index contributed by atoms with van der Waals surface area (Å²) in [6.45, 7) is -1.18. The molecule has 1 aromatic carbocycles. The molecule has 1 aliphatic carbocycles. The molecule has 3 aromatic rings. The number of primary amides is 1. The first-order chi connectivity index (χ1) is 15.3. The maximum absolute atomic E-state index is 12.5. The number of aryl methyl sites for hydroxylation is 1. The van der Waals surface area contributed by atoms with Crippen LogP contribution >= 0.6 is 11.3 Å². The second-order valence-corrected chi connectivity index (χ2v) is 8.47. The number of anilines is 1. The number of thiophene rings is 1. The smallest absolute Gasteiger partial charge is 0.328 e. The SMILES string of the molecule is NC(=O)c1c(NC(=O)COC(=O)Cn2[nH]c(=O)c3ccccc3c2=O)sc2c1CCCC2. The number of amides is 2. The number of hydrogen-bond acceptors (Lipinski definition) is 7. The molecular formula is C21H20N4O6S. The van der Waals surface area contributed by atoms with Gasteiger partial charge in [-0.2, -0.15) is 0 Å². The summed E-state index contributed by atoms with van der Waals surface area (Å²) >= 11 is 1.30. The van der Waals surface area contributed by atoms with Crippen LogP contribution in [0.3, 0.4) is 0 Å². The van der Waals surface area contributed by atoms with Crippen LogP contribution in [-0.4, -0.2) is 34.2 Å². The lowest BCUT2D eigenvalue weighted by molar-refractivity contribution is -0.148. The zero-order valence-corrected chi connectivity index (χ0v) is 17.8. The monoisotopic (exact) mass is 456 g/mol. The maximum atomic E-state index is 12.5. The van der Waals surface area contributed by atoms with Gasteiger partial charge in [-0.3, -0.25) is 29.1 Å². The Kier molecular flexibility index (Phi) is 5.91. The summed E-state index contributed by atoms with van der Waals surface area (Å²) in [4.78, 5) is 61.9. The van der Waals surface area contributed by atoms with Crippen molar-refractivity contribution < 1.29 is 19.1 Å². The third kappa shape index (κ3) is 4.19. The van der Waals surface area contributed by atoms with E-state index in [-0.39, 0.29) is 10.8 Å². The lowest BCUT2D eigenvalue weighted by atomic mass is 9.95. The summed E-state index contributed by atoms with van der Waals surface area (Å²) in [5, 5.41) is 5.64. The van der Waals surface area contributed by atoms with Crippen molar-refractivity contribution in [1.82, 2.24) is 9.78 Å². The molecule has 0 fully saturated rings. The second-order valence-electron chi connectivity index (χ2n) is 7.37. The molecular weight excluding hydrogens is 436 g/mol. The fourth-order valence-corrected chi connectivity index (χ4v) is 5.07. The number of hydrogen-bond donors (Lipinski definition) is 3. The highest BCUT2D eigenvalue weighted by molar-refractivity contribution is 7.17. The van der Waals surface area contributed by atoms with Crippen molar-refractivity contribution in [2.75, 3.05) is 11.9 Å². The van der Waals surface area contributed by atoms with Gasteiger partial charge in [0.05, 0.1) is 16.3 Å². The van der Waals surface area contributed by atoms with E-state index in [2.05, 4.69) is 10.4 Å². The Hall–Kier alpha value is -3.73. The zero-order chi connectivity index (χ0) is 22.8. The normalized spacial score (nSPS) is 12.9. The quantitative estimate of drug-likeness (QED) is 0.469. The van der Waals surface area contributed by atoms with Crippen LogP contribution in [0.2, 0.25) is 0 Å². The summed E-state index contributed by atoms with van der Waals surface area (Å²) in [6, 6.07) is 6.23. The van der Waals surface area contributed by atoms with Gasteiger partial charge in [-0.25, -0.2) is 4.68 Å². The van der Waals surface area contributed by atoms with Crippen LogP contribution in [0.25, 0.3) is 10.8 Å². The molecule has 0 spiro atoms. The first-order valence-electron chi connectivity index (χ1n) is 9.97. The molecule has 2 heterocycles. The van der Waals surface area contributed by atoms with E-state index in [0.717, 1.165) is 40.8 Å². The molecule has 1 aliphatic rings. The number of nitrogens with one attached hydrogen (secondary N) is 2. The van der Waals surface area contributed by atoms with Crippen molar-refractivity contribution >= 4 is 44.9 Å². The first-order valence-corrected chi connectivity index (χ1v) is 10.8. The lowest BCUT2D eigenvalue weighted by Gasteiger charge is -2.11. The standard InChI is InChI=1S/C21H20N4O6S/c22-18(28)17-13-7-3-4-8-14(13)32-20(17)23-15(26)10-31-16(27)9-25-21(30)12-6-2-1-5-11(12)19(29)24-25/h1-2,5-6H,3-4,7-10H2,(H2,22,28)(H,23,26)(H,24,29). The van der Waals surface area contributed by atoms with Crippen molar-refractivity contribution in [3.05, 3.63) is 61.0 Å². The number of ether oxygens (including phenoxy) is 1. The molecule has 32 heavy (non-hydrogen) atoms. The number of benzene rings is 1. The van der Waals surface area contributed by atoms with Gasteiger partial charge in [0.25, 0.3) is 22.9 Å². The summed E-state index contributed by atoms with van der Waals surface area (Å²) in [5.41, 5.74) is 5.61. The summed E-state index contributed by atoms with van der Waals surface area (Å²) in [6.07, 6.45) is 3.51. The van der Waals surface area contributed by atoms with Gasteiger partial charge in [0.1, 0.15) is 11.5 Å². The number of rotatable bonds is 6. The number of carbonyl (C=O) groups is 3. The number of esters is 1. The van der Waals surface area contributed by atoms with Crippen molar-refractivity contribution in [2.24, 2.45) is 5.73 Å². The van der Waals surface area contributed by atoms with Crippen LogP contribution in [0.5, 0.6) is 0 Å². The van der Waals surface area contributed by atoms with Crippen LogP contribution in [0.4, 0.5) is 5.00 Å². The van der Waals surface area contributed by atoms with E-state index in [1.165, 1.54) is 23.5 Å². The summed E-state index contributed by atoms with van der Waals surface area (Å²) in [5.74, 6) is -2.14. The van der Waals surface area contributed by atoms with E-state index in [4.69, 9.17) is 10.5 Å². The highest BCUT2D eigenvalue weighted by atomic mass is 32.1. The van der Waals surface area contributed by atoms with Gasteiger partial charge in [-0.05, 0) is 43.4 Å². The van der Waals surface area contributed by atoms with Crippen molar-refractivity contribution in [1.29, 1.82) is 0 Å². The summed E-state index contributed by atoms with van der Waals surface area (Å²) < 4.78 is 5.78. The Labute approximate surface area is 185 Å². The van der Waals surface area contributed by atoms with E-state index >= 15 is 0 Å². The molecule has 4 N–H and O–H groups in total. The van der Waals surface area contributed by atoms with Gasteiger partial charge < -0.3 is 15.8 Å². The van der Waals surface area contributed by atoms with Gasteiger partial charge in [0.15, 0.2) is 6.61 Å². The van der Waals surface area contributed by atoms with Crippen molar-refractivity contribution in [2.45, 2.75) is 32.2 Å². The molecule has 0 unspecified atom stereocenters.